The van der Waals surface area contributed by atoms with E-state index in [-0.39, 0.29) is 11.5 Å². The standard InChI is InChI=1S/C20H22F2N4O2S2/c1-13-5-4-6-15(9-13)23-19-24-26(20(29)30-19)12-25(2)11-14-7-8-16(28-18(21)22)17(10-14)27-3/h4-10,18H,11-12H2,1-3H3,(H,23,24). The van der Waals surface area contributed by atoms with Gasteiger partial charge in [-0.3, -0.25) is 4.90 Å². The van der Waals surface area contributed by atoms with Gasteiger partial charge < -0.3 is 14.8 Å². The van der Waals surface area contributed by atoms with E-state index in [1.165, 1.54) is 24.5 Å². The van der Waals surface area contributed by atoms with Gasteiger partial charge in [0.1, 0.15) is 0 Å². The number of ether oxygens (including phenoxy) is 2. The van der Waals surface area contributed by atoms with Gasteiger partial charge >= 0.3 is 6.61 Å². The van der Waals surface area contributed by atoms with Crippen LogP contribution in [0.5, 0.6) is 11.5 Å². The summed E-state index contributed by atoms with van der Waals surface area (Å²) < 4.78 is 37.0. The van der Waals surface area contributed by atoms with Gasteiger partial charge in [-0.15, -0.1) is 5.10 Å². The SMILES string of the molecule is COc1cc(CN(C)Cn2nc(Nc3cccc(C)c3)sc2=S)ccc1OC(F)F. The normalized spacial score (nSPS) is 11.2. The van der Waals surface area contributed by atoms with Crippen molar-refractivity contribution < 1.29 is 18.3 Å². The second-order valence-electron chi connectivity index (χ2n) is 6.69. The molecule has 3 rings (SSSR count). The van der Waals surface area contributed by atoms with Crippen LogP contribution in [0.3, 0.4) is 0 Å². The molecule has 160 valence electrons. The molecule has 1 N–H and O–H groups in total. The average molecular weight is 453 g/mol. The molecule has 0 bridgehead atoms. The van der Waals surface area contributed by atoms with E-state index in [1.807, 2.05) is 43.1 Å². The quantitative estimate of drug-likeness (QED) is 0.437. The summed E-state index contributed by atoms with van der Waals surface area (Å²) in [5.41, 5.74) is 3.00. The maximum absolute atomic E-state index is 12.5. The third kappa shape index (κ3) is 5.97. The zero-order valence-electron chi connectivity index (χ0n) is 16.8. The summed E-state index contributed by atoms with van der Waals surface area (Å²) in [5.74, 6) is 0.267. The van der Waals surface area contributed by atoms with Gasteiger partial charge in [0, 0.05) is 12.2 Å². The number of anilines is 2. The highest BCUT2D eigenvalue weighted by Crippen LogP contribution is 2.30. The van der Waals surface area contributed by atoms with Crippen LogP contribution >= 0.6 is 23.6 Å². The summed E-state index contributed by atoms with van der Waals surface area (Å²) >= 11 is 6.84. The number of hydrogen-bond donors (Lipinski definition) is 1. The number of alkyl halides is 2. The van der Waals surface area contributed by atoms with Gasteiger partial charge in [0.15, 0.2) is 15.5 Å². The number of aryl methyl sites for hydroxylation is 1. The Morgan fingerprint density at radius 2 is 2.03 bits per heavy atom. The van der Waals surface area contributed by atoms with E-state index < -0.39 is 6.61 Å². The first kappa shape index (κ1) is 22.1. The van der Waals surface area contributed by atoms with E-state index in [2.05, 4.69) is 15.2 Å². The van der Waals surface area contributed by atoms with Crippen LogP contribution in [0.1, 0.15) is 11.1 Å². The molecule has 3 aromatic rings. The summed E-state index contributed by atoms with van der Waals surface area (Å²) in [5, 5.41) is 8.54. The molecule has 6 nitrogen and oxygen atoms in total. The molecule has 0 aliphatic rings. The van der Waals surface area contributed by atoms with E-state index in [4.69, 9.17) is 17.0 Å². The van der Waals surface area contributed by atoms with Crippen molar-refractivity contribution >= 4 is 34.4 Å². The Morgan fingerprint density at radius 3 is 2.73 bits per heavy atom. The molecule has 0 aliphatic heterocycles. The molecule has 0 spiro atoms. The van der Waals surface area contributed by atoms with Crippen molar-refractivity contribution in [3.05, 3.63) is 57.5 Å². The van der Waals surface area contributed by atoms with E-state index in [1.54, 1.807) is 16.8 Å². The Morgan fingerprint density at radius 1 is 1.23 bits per heavy atom. The lowest BCUT2D eigenvalue weighted by Gasteiger charge is -2.18. The van der Waals surface area contributed by atoms with Crippen molar-refractivity contribution in [2.24, 2.45) is 0 Å². The van der Waals surface area contributed by atoms with Crippen LogP contribution in [0.4, 0.5) is 19.6 Å². The Balaban J connectivity index is 1.65. The minimum Gasteiger partial charge on any atom is -0.493 e. The lowest BCUT2D eigenvalue weighted by Crippen LogP contribution is -2.22. The van der Waals surface area contributed by atoms with E-state index in [0.717, 1.165) is 16.8 Å². The second-order valence-corrected chi connectivity index (χ2v) is 8.31. The molecule has 0 radical (unpaired) electrons. The minimum absolute atomic E-state index is 0.00693. The van der Waals surface area contributed by atoms with Crippen LogP contribution in [0.25, 0.3) is 0 Å². The molecule has 1 aromatic heterocycles. The Kier molecular flexibility index (Phi) is 7.35. The average Bonchev–Trinajstić information content (AvgIpc) is 3.01. The molecule has 0 atom stereocenters. The predicted octanol–water partition coefficient (Wildman–Crippen LogP) is 5.43. The molecule has 10 heteroatoms. The molecule has 0 aliphatic carbocycles. The van der Waals surface area contributed by atoms with Crippen molar-refractivity contribution in [3.8, 4) is 11.5 Å². The Labute approximate surface area is 182 Å². The van der Waals surface area contributed by atoms with Gasteiger partial charge in [0.25, 0.3) is 0 Å². The van der Waals surface area contributed by atoms with Gasteiger partial charge in [-0.1, -0.05) is 29.5 Å². The molecule has 2 aromatic carbocycles. The predicted molar refractivity (Wildman–Crippen MR) is 116 cm³/mol. The fraction of sp³-hybridized carbons (Fsp3) is 0.300. The van der Waals surface area contributed by atoms with E-state index in [0.29, 0.717) is 22.3 Å². The van der Waals surface area contributed by atoms with E-state index >= 15 is 0 Å². The van der Waals surface area contributed by atoms with Crippen LogP contribution in [-0.4, -0.2) is 35.4 Å². The van der Waals surface area contributed by atoms with Crippen molar-refractivity contribution in [2.75, 3.05) is 19.5 Å². The molecule has 0 saturated heterocycles. The number of nitrogens with zero attached hydrogens (tertiary/aromatic N) is 3. The number of benzene rings is 2. The highest BCUT2D eigenvalue weighted by atomic mass is 32.1. The highest BCUT2D eigenvalue weighted by Gasteiger charge is 2.13. The summed E-state index contributed by atoms with van der Waals surface area (Å²) in [7, 11) is 3.34. The first-order valence-corrected chi connectivity index (χ1v) is 10.3. The van der Waals surface area contributed by atoms with E-state index in [9.17, 15) is 8.78 Å². The van der Waals surface area contributed by atoms with Crippen LogP contribution in [0.15, 0.2) is 42.5 Å². The zero-order valence-corrected chi connectivity index (χ0v) is 18.4. The van der Waals surface area contributed by atoms with Gasteiger partial charge in [-0.2, -0.15) is 8.78 Å². The van der Waals surface area contributed by atoms with Gasteiger partial charge in [-0.25, -0.2) is 4.68 Å². The number of aromatic nitrogens is 2. The fourth-order valence-corrected chi connectivity index (χ4v) is 3.90. The molecule has 30 heavy (non-hydrogen) atoms. The van der Waals surface area contributed by atoms with Crippen molar-refractivity contribution in [1.82, 2.24) is 14.7 Å². The third-order valence-electron chi connectivity index (χ3n) is 4.15. The fourth-order valence-electron chi connectivity index (χ4n) is 2.89. The maximum atomic E-state index is 12.5. The number of methoxy groups -OCH3 is 1. The van der Waals surface area contributed by atoms with Crippen LogP contribution in [0, 0.1) is 10.9 Å². The third-order valence-corrected chi connectivity index (χ3v) is 5.37. The Bertz CT molecular complexity index is 1060. The van der Waals surface area contributed by atoms with Crippen LogP contribution in [-0.2, 0) is 13.2 Å². The van der Waals surface area contributed by atoms with Gasteiger partial charge in [0.05, 0.1) is 13.8 Å². The molecule has 0 unspecified atom stereocenters. The van der Waals surface area contributed by atoms with Crippen LogP contribution < -0.4 is 14.8 Å². The highest BCUT2D eigenvalue weighted by molar-refractivity contribution is 7.73. The summed E-state index contributed by atoms with van der Waals surface area (Å²) in [6, 6.07) is 12.9. The summed E-state index contributed by atoms with van der Waals surface area (Å²) in [6.45, 7) is 0.150. The molecule has 1 heterocycles. The lowest BCUT2D eigenvalue weighted by atomic mass is 10.2. The monoisotopic (exact) mass is 452 g/mol. The molecular formula is C20H22F2N4O2S2. The maximum Gasteiger partial charge on any atom is 0.387 e. The molecule has 0 fully saturated rings. The smallest absolute Gasteiger partial charge is 0.387 e. The molecule has 0 saturated carbocycles. The van der Waals surface area contributed by atoms with Crippen molar-refractivity contribution in [3.63, 3.8) is 0 Å². The zero-order chi connectivity index (χ0) is 21.7. The summed E-state index contributed by atoms with van der Waals surface area (Å²) in [6.07, 6.45) is 0. The molecule has 0 amide bonds. The topological polar surface area (TPSA) is 51.5 Å². The largest absolute Gasteiger partial charge is 0.493 e. The number of rotatable bonds is 9. The first-order chi connectivity index (χ1) is 14.3. The van der Waals surface area contributed by atoms with Gasteiger partial charge in [-0.05, 0) is 61.6 Å². The van der Waals surface area contributed by atoms with Crippen molar-refractivity contribution in [2.45, 2.75) is 26.7 Å². The second kappa shape index (κ2) is 9.96. The molecular weight excluding hydrogens is 430 g/mol. The number of nitrogens with one attached hydrogen (secondary N) is 1. The van der Waals surface area contributed by atoms with Crippen LogP contribution in [0.2, 0.25) is 0 Å². The number of hydrogen-bond acceptors (Lipinski definition) is 7. The lowest BCUT2D eigenvalue weighted by molar-refractivity contribution is -0.0512. The van der Waals surface area contributed by atoms with Crippen molar-refractivity contribution in [1.29, 1.82) is 0 Å². The summed E-state index contributed by atoms with van der Waals surface area (Å²) in [4.78, 5) is 2.01. The first-order valence-electron chi connectivity index (χ1n) is 9.06. The van der Waals surface area contributed by atoms with Gasteiger partial charge in [0.2, 0.25) is 5.13 Å². The Hall–Kier alpha value is -2.56. The minimum atomic E-state index is -2.90. The number of halogens is 2.